The van der Waals surface area contributed by atoms with Crippen molar-refractivity contribution in [2.45, 2.75) is 26.2 Å². The minimum Gasteiger partial charge on any atom is -0.359 e. The highest BCUT2D eigenvalue weighted by molar-refractivity contribution is 5.83. The molecule has 15 heavy (non-hydrogen) atoms. The summed E-state index contributed by atoms with van der Waals surface area (Å²) in [7, 11) is 0. The molecule has 0 radical (unpaired) electrons. The Morgan fingerprint density at radius 3 is 2.80 bits per heavy atom. The van der Waals surface area contributed by atoms with E-state index < -0.39 is 11.6 Å². The van der Waals surface area contributed by atoms with Crippen LogP contribution in [0, 0.1) is 11.6 Å². The SMILES string of the molecule is CCCCc1c[nH]c2c(F)cc(F)cc12. The summed E-state index contributed by atoms with van der Waals surface area (Å²) in [5, 5.41) is 0.668. The number of aromatic amines is 1. The molecule has 2 rings (SSSR count). The number of aromatic nitrogens is 1. The highest BCUT2D eigenvalue weighted by Gasteiger charge is 2.09. The molecule has 0 aliphatic carbocycles. The van der Waals surface area contributed by atoms with Crippen molar-refractivity contribution in [1.29, 1.82) is 0 Å². The predicted molar refractivity (Wildman–Crippen MR) is 56.8 cm³/mol. The van der Waals surface area contributed by atoms with Crippen molar-refractivity contribution in [2.75, 3.05) is 0 Å². The van der Waals surface area contributed by atoms with E-state index >= 15 is 0 Å². The standard InChI is InChI=1S/C12H13F2N/c1-2-3-4-8-7-15-12-10(8)5-9(13)6-11(12)14/h5-7,15H,2-4H2,1H3. The molecule has 0 fully saturated rings. The fourth-order valence-electron chi connectivity index (χ4n) is 1.78. The Hall–Kier alpha value is -1.38. The third kappa shape index (κ3) is 1.87. The van der Waals surface area contributed by atoms with Gasteiger partial charge in [0.15, 0.2) is 0 Å². The van der Waals surface area contributed by atoms with Gasteiger partial charge in [0.05, 0.1) is 5.52 Å². The molecule has 0 unspecified atom stereocenters. The molecule has 80 valence electrons. The van der Waals surface area contributed by atoms with Crippen molar-refractivity contribution in [3.63, 3.8) is 0 Å². The number of fused-ring (bicyclic) bond motifs is 1. The van der Waals surface area contributed by atoms with Crippen LogP contribution in [-0.4, -0.2) is 4.98 Å². The lowest BCUT2D eigenvalue weighted by atomic mass is 10.1. The largest absolute Gasteiger partial charge is 0.359 e. The molecular formula is C12H13F2N. The molecule has 0 atom stereocenters. The first kappa shape index (κ1) is 10.1. The van der Waals surface area contributed by atoms with Gasteiger partial charge in [0, 0.05) is 17.6 Å². The molecule has 0 spiro atoms. The van der Waals surface area contributed by atoms with E-state index in [0.29, 0.717) is 10.9 Å². The van der Waals surface area contributed by atoms with Crippen LogP contribution in [0.1, 0.15) is 25.3 Å². The summed E-state index contributed by atoms with van der Waals surface area (Å²) in [6.45, 7) is 2.09. The zero-order valence-electron chi connectivity index (χ0n) is 8.61. The van der Waals surface area contributed by atoms with E-state index in [-0.39, 0.29) is 0 Å². The number of H-pyrrole nitrogens is 1. The first-order valence-corrected chi connectivity index (χ1v) is 5.17. The lowest BCUT2D eigenvalue weighted by Crippen LogP contribution is -1.85. The van der Waals surface area contributed by atoms with E-state index in [1.807, 2.05) is 0 Å². The Bertz CT molecular complexity index is 474. The van der Waals surface area contributed by atoms with Gasteiger partial charge in [-0.3, -0.25) is 0 Å². The van der Waals surface area contributed by atoms with Gasteiger partial charge in [-0.05, 0) is 24.5 Å². The van der Waals surface area contributed by atoms with Crippen LogP contribution in [0.25, 0.3) is 10.9 Å². The zero-order valence-corrected chi connectivity index (χ0v) is 8.61. The minimum absolute atomic E-state index is 0.405. The fraction of sp³-hybridized carbons (Fsp3) is 0.333. The summed E-state index contributed by atoms with van der Waals surface area (Å²) in [6.07, 6.45) is 4.73. The summed E-state index contributed by atoms with van der Waals surface area (Å²) < 4.78 is 26.3. The van der Waals surface area contributed by atoms with Gasteiger partial charge in [0.1, 0.15) is 11.6 Å². The molecule has 0 aliphatic heterocycles. The molecule has 1 heterocycles. The maximum atomic E-state index is 13.3. The number of nitrogens with one attached hydrogen (secondary N) is 1. The van der Waals surface area contributed by atoms with E-state index in [4.69, 9.17) is 0 Å². The van der Waals surface area contributed by atoms with Crippen molar-refractivity contribution in [1.82, 2.24) is 4.98 Å². The molecule has 0 saturated heterocycles. The summed E-state index contributed by atoms with van der Waals surface area (Å²) in [6, 6.07) is 2.29. The van der Waals surface area contributed by atoms with Crippen LogP contribution < -0.4 is 0 Å². The van der Waals surface area contributed by atoms with Crippen LogP contribution in [0.5, 0.6) is 0 Å². The third-order valence-corrected chi connectivity index (χ3v) is 2.59. The smallest absolute Gasteiger partial charge is 0.150 e. The van der Waals surface area contributed by atoms with E-state index in [2.05, 4.69) is 11.9 Å². The summed E-state index contributed by atoms with van der Waals surface area (Å²) in [5.74, 6) is -1.04. The number of unbranched alkanes of at least 4 members (excludes halogenated alkanes) is 1. The number of hydrogen-bond donors (Lipinski definition) is 1. The molecular weight excluding hydrogens is 196 g/mol. The van der Waals surface area contributed by atoms with Gasteiger partial charge in [0.25, 0.3) is 0 Å². The molecule has 0 amide bonds. The third-order valence-electron chi connectivity index (χ3n) is 2.59. The van der Waals surface area contributed by atoms with Crippen LogP contribution in [-0.2, 0) is 6.42 Å². The highest BCUT2D eigenvalue weighted by Crippen LogP contribution is 2.23. The topological polar surface area (TPSA) is 15.8 Å². The van der Waals surface area contributed by atoms with Crippen LogP contribution in [0.4, 0.5) is 8.78 Å². The number of rotatable bonds is 3. The summed E-state index contributed by atoms with van der Waals surface area (Å²) in [5.41, 5.74) is 1.40. The Kier molecular flexibility index (Phi) is 2.71. The van der Waals surface area contributed by atoms with Crippen molar-refractivity contribution < 1.29 is 8.78 Å². The molecule has 1 N–H and O–H groups in total. The van der Waals surface area contributed by atoms with E-state index in [1.165, 1.54) is 6.07 Å². The second-order valence-corrected chi connectivity index (χ2v) is 3.73. The molecule has 0 bridgehead atoms. The Morgan fingerprint density at radius 1 is 1.27 bits per heavy atom. The quantitative estimate of drug-likeness (QED) is 0.791. The second-order valence-electron chi connectivity index (χ2n) is 3.73. The predicted octanol–water partition coefficient (Wildman–Crippen LogP) is 3.79. The first-order valence-electron chi connectivity index (χ1n) is 5.17. The Balaban J connectivity index is 2.49. The number of aryl methyl sites for hydroxylation is 1. The van der Waals surface area contributed by atoms with Gasteiger partial charge < -0.3 is 4.98 Å². The summed E-state index contributed by atoms with van der Waals surface area (Å²) >= 11 is 0. The van der Waals surface area contributed by atoms with E-state index in [0.717, 1.165) is 30.9 Å². The summed E-state index contributed by atoms with van der Waals surface area (Å²) in [4.78, 5) is 2.85. The molecule has 2 aromatic rings. The van der Waals surface area contributed by atoms with Gasteiger partial charge in [-0.25, -0.2) is 8.78 Å². The van der Waals surface area contributed by atoms with Gasteiger partial charge in [0.2, 0.25) is 0 Å². The molecule has 1 nitrogen and oxygen atoms in total. The number of hydrogen-bond acceptors (Lipinski definition) is 0. The monoisotopic (exact) mass is 209 g/mol. The maximum absolute atomic E-state index is 13.3. The zero-order chi connectivity index (χ0) is 10.8. The Labute approximate surface area is 87.1 Å². The number of halogens is 2. The average molecular weight is 209 g/mol. The van der Waals surface area contributed by atoms with Crippen molar-refractivity contribution in [3.05, 3.63) is 35.5 Å². The normalized spacial score (nSPS) is 11.1. The molecule has 0 aliphatic rings. The molecule has 0 saturated carbocycles. The van der Waals surface area contributed by atoms with Gasteiger partial charge in [-0.1, -0.05) is 13.3 Å². The highest BCUT2D eigenvalue weighted by atomic mass is 19.1. The lowest BCUT2D eigenvalue weighted by Gasteiger charge is -1.98. The number of benzene rings is 1. The van der Waals surface area contributed by atoms with Crippen LogP contribution >= 0.6 is 0 Å². The Morgan fingerprint density at radius 2 is 2.07 bits per heavy atom. The van der Waals surface area contributed by atoms with Gasteiger partial charge in [-0.15, -0.1) is 0 Å². The van der Waals surface area contributed by atoms with Gasteiger partial charge >= 0.3 is 0 Å². The average Bonchev–Trinajstić information content (AvgIpc) is 2.58. The van der Waals surface area contributed by atoms with Gasteiger partial charge in [-0.2, -0.15) is 0 Å². The van der Waals surface area contributed by atoms with Crippen LogP contribution in [0.15, 0.2) is 18.3 Å². The van der Waals surface area contributed by atoms with Crippen LogP contribution in [0.2, 0.25) is 0 Å². The van der Waals surface area contributed by atoms with Crippen molar-refractivity contribution >= 4 is 10.9 Å². The lowest BCUT2D eigenvalue weighted by molar-refractivity contribution is 0.591. The van der Waals surface area contributed by atoms with Crippen molar-refractivity contribution in [2.24, 2.45) is 0 Å². The van der Waals surface area contributed by atoms with Crippen molar-refractivity contribution in [3.8, 4) is 0 Å². The van der Waals surface area contributed by atoms with E-state index in [1.54, 1.807) is 6.20 Å². The molecule has 3 heteroatoms. The first-order chi connectivity index (χ1) is 7.22. The second kappa shape index (κ2) is 4.01. The molecule has 1 aromatic carbocycles. The van der Waals surface area contributed by atoms with E-state index in [9.17, 15) is 8.78 Å². The fourth-order valence-corrected chi connectivity index (χ4v) is 1.78. The molecule has 1 aromatic heterocycles. The minimum atomic E-state index is -0.521. The maximum Gasteiger partial charge on any atom is 0.150 e. The van der Waals surface area contributed by atoms with Crippen LogP contribution in [0.3, 0.4) is 0 Å².